The third-order valence-corrected chi connectivity index (χ3v) is 5.73. The van der Waals surface area contributed by atoms with Gasteiger partial charge in [-0.2, -0.15) is 0 Å². The maximum atomic E-state index is 11.9. The molecule has 4 unspecified atom stereocenters. The second kappa shape index (κ2) is 9.41. The van der Waals surface area contributed by atoms with Crippen molar-refractivity contribution in [1.29, 1.82) is 0 Å². The summed E-state index contributed by atoms with van der Waals surface area (Å²) in [6, 6.07) is 0. The Morgan fingerprint density at radius 3 is 2.26 bits per heavy atom. The van der Waals surface area contributed by atoms with Crippen molar-refractivity contribution in [1.82, 2.24) is 5.32 Å². The molecule has 0 aliphatic heterocycles. The summed E-state index contributed by atoms with van der Waals surface area (Å²) in [6.45, 7) is 8.75. The summed E-state index contributed by atoms with van der Waals surface area (Å²) in [7, 11) is 0. The Hall–Kier alpha value is -0.502. The zero-order valence-electron chi connectivity index (χ0n) is 12.5. The summed E-state index contributed by atoms with van der Waals surface area (Å²) >= 11 is 1.42. The molecule has 0 saturated heterocycles. The number of nitrogens with one attached hydrogen (secondary N) is 1. The number of amides is 1. The van der Waals surface area contributed by atoms with Gasteiger partial charge in [-0.3, -0.25) is 0 Å². The topological polar surface area (TPSA) is 66.4 Å². The SMILES string of the molecule is CCC(C)CC(CNC(=O)C([AsH2])C(C)C)CC(=O)O. The molecule has 0 heterocycles. The van der Waals surface area contributed by atoms with Gasteiger partial charge >= 0.3 is 125 Å². The molecule has 1 amide bonds. The molecule has 19 heavy (non-hydrogen) atoms. The van der Waals surface area contributed by atoms with Crippen molar-refractivity contribution in [3.05, 3.63) is 0 Å². The van der Waals surface area contributed by atoms with Gasteiger partial charge in [0.15, 0.2) is 0 Å². The second-order valence-electron chi connectivity index (χ2n) is 5.73. The van der Waals surface area contributed by atoms with Crippen LogP contribution in [0.2, 0.25) is 4.71 Å². The van der Waals surface area contributed by atoms with Crippen molar-refractivity contribution >= 4 is 28.7 Å². The van der Waals surface area contributed by atoms with Crippen LogP contribution in [-0.2, 0) is 9.59 Å². The molecule has 0 aromatic carbocycles. The van der Waals surface area contributed by atoms with Gasteiger partial charge in [0.1, 0.15) is 0 Å². The van der Waals surface area contributed by atoms with E-state index in [9.17, 15) is 9.59 Å². The van der Waals surface area contributed by atoms with Crippen LogP contribution in [0.4, 0.5) is 0 Å². The first-order valence-electron chi connectivity index (χ1n) is 7.02. The van der Waals surface area contributed by atoms with Crippen LogP contribution in [0, 0.1) is 17.8 Å². The Morgan fingerprint density at radius 1 is 1.26 bits per heavy atom. The molecule has 0 spiro atoms. The van der Waals surface area contributed by atoms with E-state index >= 15 is 0 Å². The van der Waals surface area contributed by atoms with Crippen molar-refractivity contribution in [2.45, 2.75) is 51.7 Å². The molecule has 0 aliphatic carbocycles. The fraction of sp³-hybridized carbons (Fsp3) is 0.857. The van der Waals surface area contributed by atoms with Gasteiger partial charge in [0.05, 0.1) is 0 Å². The van der Waals surface area contributed by atoms with Gasteiger partial charge in [0.25, 0.3) is 0 Å². The number of carbonyl (C=O) groups excluding carboxylic acids is 1. The van der Waals surface area contributed by atoms with E-state index in [0.29, 0.717) is 18.4 Å². The van der Waals surface area contributed by atoms with Crippen LogP contribution < -0.4 is 5.32 Å². The normalized spacial score (nSPS) is 15.9. The molecule has 0 saturated carbocycles. The summed E-state index contributed by atoms with van der Waals surface area (Å²) < 4.78 is 0.0292. The van der Waals surface area contributed by atoms with Crippen molar-refractivity contribution in [3.8, 4) is 0 Å². The second-order valence-corrected chi connectivity index (χ2v) is 7.23. The van der Waals surface area contributed by atoms with Crippen molar-refractivity contribution in [2.75, 3.05) is 6.54 Å². The predicted octanol–water partition coefficient (Wildman–Crippen LogP) is 1.71. The summed E-state index contributed by atoms with van der Waals surface area (Å²) in [5, 5.41) is 11.8. The van der Waals surface area contributed by atoms with Gasteiger partial charge in [0, 0.05) is 0 Å². The van der Waals surface area contributed by atoms with E-state index in [1.165, 1.54) is 16.9 Å². The molecule has 0 aromatic heterocycles. The number of hydrogen-bond donors (Lipinski definition) is 2. The van der Waals surface area contributed by atoms with Crippen LogP contribution in [0.1, 0.15) is 47.0 Å². The first-order valence-corrected chi connectivity index (χ1v) is 8.42. The Labute approximate surface area is 125 Å². The Bertz CT molecular complexity index is 294. The molecule has 5 heteroatoms. The van der Waals surface area contributed by atoms with Gasteiger partial charge in [0.2, 0.25) is 0 Å². The van der Waals surface area contributed by atoms with E-state index in [0.717, 1.165) is 12.8 Å². The number of carbonyl (C=O) groups is 2. The van der Waals surface area contributed by atoms with Crippen LogP contribution >= 0.6 is 0 Å². The van der Waals surface area contributed by atoms with Crippen LogP contribution in [-0.4, -0.2) is 40.4 Å². The van der Waals surface area contributed by atoms with Gasteiger partial charge in [-0.1, -0.05) is 0 Å². The Balaban J connectivity index is 4.32. The van der Waals surface area contributed by atoms with Crippen LogP contribution in [0.25, 0.3) is 0 Å². The molecule has 0 aliphatic rings. The molecule has 4 atom stereocenters. The first-order chi connectivity index (χ1) is 8.77. The summed E-state index contributed by atoms with van der Waals surface area (Å²) in [5.74, 6) is 0.113. The summed E-state index contributed by atoms with van der Waals surface area (Å²) in [6.07, 6.45) is 2.02. The molecule has 0 bridgehead atoms. The van der Waals surface area contributed by atoms with E-state index in [1.54, 1.807) is 0 Å². The Kier molecular flexibility index (Phi) is 9.16. The number of carboxylic acid groups (broad SMARTS) is 1. The maximum absolute atomic E-state index is 11.9. The van der Waals surface area contributed by atoms with Crippen LogP contribution in [0.5, 0.6) is 0 Å². The fourth-order valence-corrected chi connectivity index (χ4v) is 2.13. The van der Waals surface area contributed by atoms with Gasteiger partial charge < -0.3 is 0 Å². The molecule has 112 valence electrons. The molecular formula is C14H28AsNO3. The third kappa shape index (κ3) is 8.30. The zero-order valence-corrected chi connectivity index (χ0v) is 14.9. The fourth-order valence-electron chi connectivity index (χ4n) is 1.89. The monoisotopic (exact) mass is 333 g/mol. The quantitative estimate of drug-likeness (QED) is 0.631. The molecule has 0 aromatic rings. The van der Waals surface area contributed by atoms with Crippen molar-refractivity contribution < 1.29 is 14.7 Å². The molecule has 0 rings (SSSR count). The van der Waals surface area contributed by atoms with Crippen LogP contribution in [0.3, 0.4) is 0 Å². The molecule has 4 nitrogen and oxygen atoms in total. The van der Waals surface area contributed by atoms with E-state index in [2.05, 4.69) is 19.2 Å². The minimum absolute atomic E-state index is 0.0292. The van der Waals surface area contributed by atoms with E-state index in [-0.39, 0.29) is 23.0 Å². The first kappa shape index (κ1) is 18.5. The van der Waals surface area contributed by atoms with Crippen molar-refractivity contribution in [3.63, 3.8) is 0 Å². The number of hydrogen-bond acceptors (Lipinski definition) is 2. The average molecular weight is 333 g/mol. The number of aliphatic carboxylic acids is 1. The van der Waals surface area contributed by atoms with Gasteiger partial charge in [-0.15, -0.1) is 0 Å². The zero-order chi connectivity index (χ0) is 15.0. The Morgan fingerprint density at radius 2 is 1.84 bits per heavy atom. The number of carboxylic acids is 1. The summed E-state index contributed by atoms with van der Waals surface area (Å²) in [4.78, 5) is 22.7. The van der Waals surface area contributed by atoms with E-state index < -0.39 is 5.97 Å². The standard InChI is InChI=1S/C14H28AsNO3/c1-5-10(4)6-11(7-12(17)18)8-16-14(19)13(15)9(2)3/h9-11,13H,5-8,15H2,1-4H3,(H,16,19)(H,17,18). The number of rotatable bonds is 9. The van der Waals surface area contributed by atoms with E-state index in [1.807, 2.05) is 13.8 Å². The van der Waals surface area contributed by atoms with Crippen LogP contribution in [0.15, 0.2) is 0 Å². The molecule has 0 radical (unpaired) electrons. The van der Waals surface area contributed by atoms with Gasteiger partial charge in [-0.25, -0.2) is 0 Å². The summed E-state index contributed by atoms with van der Waals surface area (Å²) in [5.41, 5.74) is 0. The third-order valence-electron chi connectivity index (χ3n) is 3.48. The average Bonchev–Trinajstić information content (AvgIpc) is 2.33. The van der Waals surface area contributed by atoms with E-state index in [4.69, 9.17) is 5.11 Å². The molecule has 0 fully saturated rings. The molecular weight excluding hydrogens is 305 g/mol. The minimum atomic E-state index is -0.788. The van der Waals surface area contributed by atoms with Gasteiger partial charge in [-0.05, 0) is 0 Å². The van der Waals surface area contributed by atoms with Crippen molar-refractivity contribution in [2.24, 2.45) is 17.8 Å². The molecule has 2 N–H and O–H groups in total. The predicted molar refractivity (Wildman–Crippen MR) is 80.0 cm³/mol.